The highest BCUT2D eigenvalue weighted by Crippen LogP contribution is 2.43. The molecule has 0 unspecified atom stereocenters. The van der Waals surface area contributed by atoms with Crippen LogP contribution in [-0.4, -0.2) is 15.0 Å². The van der Waals surface area contributed by atoms with E-state index in [1.165, 1.54) is 21.9 Å². The van der Waals surface area contributed by atoms with E-state index in [4.69, 9.17) is 19.4 Å². The summed E-state index contributed by atoms with van der Waals surface area (Å²) in [6, 6.07) is 70.0. The van der Waals surface area contributed by atoms with Crippen molar-refractivity contribution in [2.45, 2.75) is 0 Å². The standard InChI is InChI=1S/C53H33N3O/c1-3-13-38(14-4-1)51-54-52(39-15-5-2-6-16-39)56-53(55-51)40-29-27-37(28-30-40)46-33-47-49-43(20-11-21-48(49)57-50(47)45-19-10-9-18-44(45)46)36-25-22-35(23-26-36)42-31-24-34-12-7-8-17-41(34)32-42/h1-33H. The summed E-state index contributed by atoms with van der Waals surface area (Å²) in [5.74, 6) is 1.92. The molecule has 2 heterocycles. The Morgan fingerprint density at radius 2 is 0.807 bits per heavy atom. The van der Waals surface area contributed by atoms with Gasteiger partial charge in [-0.05, 0) is 67.7 Å². The zero-order valence-corrected chi connectivity index (χ0v) is 30.8. The van der Waals surface area contributed by atoms with Crippen molar-refractivity contribution in [3.63, 3.8) is 0 Å². The number of aromatic nitrogens is 3. The average Bonchev–Trinajstić information content (AvgIpc) is 3.68. The predicted octanol–water partition coefficient (Wildman–Crippen LogP) is 14.1. The highest BCUT2D eigenvalue weighted by molar-refractivity contribution is 6.22. The summed E-state index contributed by atoms with van der Waals surface area (Å²) in [7, 11) is 0. The van der Waals surface area contributed by atoms with Gasteiger partial charge in [0.15, 0.2) is 17.5 Å². The number of benzene rings is 9. The Labute approximate surface area is 329 Å². The third-order valence-corrected chi connectivity index (χ3v) is 10.9. The molecule has 0 atom stereocenters. The first-order valence-electron chi connectivity index (χ1n) is 19.2. The Bertz CT molecular complexity index is 3200. The molecular formula is C53H33N3O. The van der Waals surface area contributed by atoms with Gasteiger partial charge in [-0.1, -0.05) is 182 Å². The second kappa shape index (κ2) is 13.6. The molecular weight excluding hydrogens is 695 g/mol. The quantitative estimate of drug-likeness (QED) is 0.171. The molecule has 2 aromatic heterocycles. The van der Waals surface area contributed by atoms with Crippen LogP contribution in [-0.2, 0) is 0 Å². The van der Waals surface area contributed by atoms with Crippen LogP contribution in [0.25, 0.3) is 111 Å². The first-order chi connectivity index (χ1) is 28.2. The van der Waals surface area contributed by atoms with Crippen LogP contribution in [0.4, 0.5) is 0 Å². The number of hydrogen-bond acceptors (Lipinski definition) is 4. The fourth-order valence-corrected chi connectivity index (χ4v) is 8.08. The lowest BCUT2D eigenvalue weighted by molar-refractivity contribution is 0.673. The average molecular weight is 728 g/mol. The third kappa shape index (κ3) is 5.83. The second-order valence-electron chi connectivity index (χ2n) is 14.4. The van der Waals surface area contributed by atoms with E-state index in [0.717, 1.165) is 71.7 Å². The van der Waals surface area contributed by atoms with Gasteiger partial charge in [0.2, 0.25) is 0 Å². The van der Waals surface area contributed by atoms with Gasteiger partial charge in [0.05, 0.1) is 0 Å². The zero-order chi connectivity index (χ0) is 37.7. The number of fused-ring (bicyclic) bond motifs is 6. The molecule has 0 radical (unpaired) electrons. The van der Waals surface area contributed by atoms with Crippen molar-refractivity contribution in [1.29, 1.82) is 0 Å². The van der Waals surface area contributed by atoms with Gasteiger partial charge in [-0.2, -0.15) is 0 Å². The van der Waals surface area contributed by atoms with Gasteiger partial charge in [0.25, 0.3) is 0 Å². The number of rotatable bonds is 6. The molecule has 0 bridgehead atoms. The van der Waals surface area contributed by atoms with Gasteiger partial charge in [-0.15, -0.1) is 0 Å². The summed E-state index contributed by atoms with van der Waals surface area (Å²) >= 11 is 0. The molecule has 0 saturated heterocycles. The van der Waals surface area contributed by atoms with Crippen LogP contribution in [0, 0.1) is 0 Å². The fourth-order valence-electron chi connectivity index (χ4n) is 8.08. The Balaban J connectivity index is 1.01. The van der Waals surface area contributed by atoms with Gasteiger partial charge in [-0.3, -0.25) is 0 Å². The molecule has 0 N–H and O–H groups in total. The lowest BCUT2D eigenvalue weighted by Gasteiger charge is -2.11. The normalized spacial score (nSPS) is 11.5. The summed E-state index contributed by atoms with van der Waals surface area (Å²) in [6.45, 7) is 0. The van der Waals surface area contributed by atoms with Gasteiger partial charge in [-0.25, -0.2) is 15.0 Å². The SMILES string of the molecule is c1ccc(-c2nc(-c3ccccc3)nc(-c3ccc(-c4cc5c(oc6cccc(-c7ccc(-c8ccc9ccccc9c8)cc7)c65)c5ccccc45)cc3)n2)cc1. The fraction of sp³-hybridized carbons (Fsp3) is 0. The predicted molar refractivity (Wildman–Crippen MR) is 235 cm³/mol. The van der Waals surface area contributed by atoms with E-state index in [2.05, 4.69) is 140 Å². The molecule has 4 heteroatoms. The molecule has 266 valence electrons. The minimum Gasteiger partial charge on any atom is -0.455 e. The highest BCUT2D eigenvalue weighted by atomic mass is 16.3. The van der Waals surface area contributed by atoms with E-state index in [0.29, 0.717) is 17.5 Å². The maximum absolute atomic E-state index is 6.70. The van der Waals surface area contributed by atoms with E-state index < -0.39 is 0 Å². The Morgan fingerprint density at radius 3 is 1.47 bits per heavy atom. The van der Waals surface area contributed by atoms with Crippen molar-refractivity contribution in [2.75, 3.05) is 0 Å². The number of furan rings is 1. The maximum Gasteiger partial charge on any atom is 0.164 e. The van der Waals surface area contributed by atoms with Crippen molar-refractivity contribution < 1.29 is 4.42 Å². The van der Waals surface area contributed by atoms with E-state index in [1.54, 1.807) is 0 Å². The number of nitrogens with zero attached hydrogens (tertiary/aromatic N) is 3. The van der Waals surface area contributed by atoms with E-state index in [-0.39, 0.29) is 0 Å². The molecule has 0 amide bonds. The molecule has 0 aliphatic carbocycles. The minimum atomic E-state index is 0.631. The smallest absolute Gasteiger partial charge is 0.164 e. The van der Waals surface area contributed by atoms with Crippen molar-refractivity contribution in [3.05, 3.63) is 200 Å². The molecule has 9 aromatic carbocycles. The lowest BCUT2D eigenvalue weighted by atomic mass is 9.92. The van der Waals surface area contributed by atoms with Crippen LogP contribution in [0.5, 0.6) is 0 Å². The highest BCUT2D eigenvalue weighted by Gasteiger charge is 2.19. The van der Waals surface area contributed by atoms with Crippen LogP contribution in [0.2, 0.25) is 0 Å². The van der Waals surface area contributed by atoms with Crippen molar-refractivity contribution in [2.24, 2.45) is 0 Å². The zero-order valence-electron chi connectivity index (χ0n) is 30.8. The van der Waals surface area contributed by atoms with Gasteiger partial charge in [0, 0.05) is 32.8 Å². The van der Waals surface area contributed by atoms with Crippen molar-refractivity contribution in [3.8, 4) is 67.5 Å². The summed E-state index contributed by atoms with van der Waals surface area (Å²) in [4.78, 5) is 14.8. The van der Waals surface area contributed by atoms with Crippen molar-refractivity contribution in [1.82, 2.24) is 15.0 Å². The molecule has 0 fully saturated rings. The lowest BCUT2D eigenvalue weighted by Crippen LogP contribution is -2.00. The van der Waals surface area contributed by atoms with E-state index in [1.807, 2.05) is 60.7 Å². The third-order valence-electron chi connectivity index (χ3n) is 10.9. The van der Waals surface area contributed by atoms with Crippen LogP contribution in [0.15, 0.2) is 205 Å². The Hall–Kier alpha value is -7.69. The first kappa shape index (κ1) is 32.7. The molecule has 11 rings (SSSR count). The summed E-state index contributed by atoms with van der Waals surface area (Å²) < 4.78 is 6.70. The summed E-state index contributed by atoms with van der Waals surface area (Å²) in [6.07, 6.45) is 0. The molecule has 57 heavy (non-hydrogen) atoms. The Morgan fingerprint density at radius 1 is 0.298 bits per heavy atom. The monoisotopic (exact) mass is 727 g/mol. The van der Waals surface area contributed by atoms with Crippen LogP contribution in [0.1, 0.15) is 0 Å². The molecule has 0 aliphatic heterocycles. The van der Waals surface area contributed by atoms with Gasteiger partial charge in [0.1, 0.15) is 11.2 Å². The van der Waals surface area contributed by atoms with E-state index in [9.17, 15) is 0 Å². The largest absolute Gasteiger partial charge is 0.455 e. The molecule has 0 aliphatic rings. The first-order valence-corrected chi connectivity index (χ1v) is 19.2. The topological polar surface area (TPSA) is 51.8 Å². The molecule has 0 spiro atoms. The van der Waals surface area contributed by atoms with Gasteiger partial charge < -0.3 is 4.42 Å². The summed E-state index contributed by atoms with van der Waals surface area (Å²) in [5.41, 5.74) is 11.5. The maximum atomic E-state index is 6.70. The van der Waals surface area contributed by atoms with Gasteiger partial charge >= 0.3 is 0 Å². The van der Waals surface area contributed by atoms with E-state index >= 15 is 0 Å². The molecule has 11 aromatic rings. The second-order valence-corrected chi connectivity index (χ2v) is 14.4. The summed E-state index contributed by atoms with van der Waals surface area (Å²) in [5, 5.41) is 6.91. The Kier molecular flexibility index (Phi) is 7.78. The molecule has 4 nitrogen and oxygen atoms in total. The van der Waals surface area contributed by atoms with Crippen LogP contribution < -0.4 is 0 Å². The minimum absolute atomic E-state index is 0.631. The molecule has 0 saturated carbocycles. The van der Waals surface area contributed by atoms with Crippen LogP contribution in [0.3, 0.4) is 0 Å². The van der Waals surface area contributed by atoms with Crippen LogP contribution >= 0.6 is 0 Å². The number of hydrogen-bond donors (Lipinski definition) is 0. The van der Waals surface area contributed by atoms with Crippen molar-refractivity contribution >= 4 is 43.5 Å².